The molecule has 0 amide bonds. The maximum atomic E-state index is 13.3. The minimum atomic E-state index is -0.599. The van der Waals surface area contributed by atoms with Gasteiger partial charge in [-0.05, 0) is 26.8 Å². The summed E-state index contributed by atoms with van der Waals surface area (Å²) in [4.78, 5) is 15.1. The molecule has 0 fully saturated rings. The zero-order valence-electron chi connectivity index (χ0n) is 9.38. The normalized spacial score (nSPS) is 11.3. The van der Waals surface area contributed by atoms with E-state index in [2.05, 4.69) is 4.98 Å². The second-order valence-corrected chi connectivity index (χ2v) is 4.78. The first-order valence-corrected chi connectivity index (χ1v) is 5.17. The zero-order valence-corrected chi connectivity index (χ0v) is 10.1. The van der Waals surface area contributed by atoms with Crippen LogP contribution >= 0.6 is 11.6 Å². The van der Waals surface area contributed by atoms with Crippen molar-refractivity contribution in [1.82, 2.24) is 4.98 Å². The molecule has 0 aromatic carbocycles. The second-order valence-electron chi connectivity index (χ2n) is 4.35. The molecule has 0 aliphatic rings. The van der Waals surface area contributed by atoms with Crippen molar-refractivity contribution in [3.63, 3.8) is 0 Å². The van der Waals surface area contributed by atoms with E-state index >= 15 is 0 Å². The Labute approximate surface area is 98.6 Å². The van der Waals surface area contributed by atoms with Crippen LogP contribution in [0, 0.1) is 5.82 Å². The molecule has 0 aliphatic heterocycles. The summed E-state index contributed by atoms with van der Waals surface area (Å²) < 4.78 is 18.3. The van der Waals surface area contributed by atoms with E-state index in [-0.39, 0.29) is 17.1 Å². The third-order valence-electron chi connectivity index (χ3n) is 1.62. The Balaban J connectivity index is 2.70. The molecule has 1 aromatic rings. The maximum absolute atomic E-state index is 13.3. The van der Waals surface area contributed by atoms with Crippen LogP contribution in [0.5, 0.6) is 0 Å². The molecule has 0 radical (unpaired) electrons. The topological polar surface area (TPSA) is 39.2 Å². The number of hydrogen-bond donors (Lipinski definition) is 0. The molecule has 1 rings (SSSR count). The highest BCUT2D eigenvalue weighted by atomic mass is 35.5. The average molecular weight is 246 g/mol. The van der Waals surface area contributed by atoms with Gasteiger partial charge in [-0.3, -0.25) is 9.78 Å². The monoisotopic (exact) mass is 245 g/mol. The molecule has 88 valence electrons. The molecule has 0 saturated heterocycles. The summed E-state index contributed by atoms with van der Waals surface area (Å²) >= 11 is 5.54. The zero-order chi connectivity index (χ0) is 12.3. The quantitative estimate of drug-likeness (QED) is 0.752. The first kappa shape index (κ1) is 12.9. The Bertz CT molecular complexity index is 401. The van der Waals surface area contributed by atoms with E-state index in [1.54, 1.807) is 20.8 Å². The second kappa shape index (κ2) is 4.78. The number of halogens is 2. The highest BCUT2D eigenvalue weighted by Crippen LogP contribution is 2.14. The van der Waals surface area contributed by atoms with Gasteiger partial charge in [0.05, 0.1) is 17.1 Å². The van der Waals surface area contributed by atoms with Crippen LogP contribution in [0.2, 0.25) is 5.02 Å². The van der Waals surface area contributed by atoms with Crippen LogP contribution in [-0.2, 0) is 16.0 Å². The van der Waals surface area contributed by atoms with Gasteiger partial charge in [0, 0.05) is 6.20 Å². The van der Waals surface area contributed by atoms with Crippen LogP contribution in [0.25, 0.3) is 0 Å². The number of pyridine rings is 1. The SMILES string of the molecule is CC(C)(C)OC(=O)Cc1ncc(Cl)cc1F. The largest absolute Gasteiger partial charge is 0.460 e. The minimum Gasteiger partial charge on any atom is -0.460 e. The van der Waals surface area contributed by atoms with Crippen LogP contribution in [0.15, 0.2) is 12.3 Å². The van der Waals surface area contributed by atoms with E-state index in [1.165, 1.54) is 6.20 Å². The first-order valence-electron chi connectivity index (χ1n) is 4.80. The molecule has 0 unspecified atom stereocenters. The van der Waals surface area contributed by atoms with Crippen molar-refractivity contribution in [2.24, 2.45) is 0 Å². The van der Waals surface area contributed by atoms with Crippen molar-refractivity contribution in [3.05, 3.63) is 28.8 Å². The van der Waals surface area contributed by atoms with Crippen LogP contribution in [0.1, 0.15) is 26.5 Å². The number of ether oxygens (including phenoxy) is 1. The molecule has 1 heterocycles. The highest BCUT2D eigenvalue weighted by Gasteiger charge is 2.18. The van der Waals surface area contributed by atoms with E-state index in [9.17, 15) is 9.18 Å². The van der Waals surface area contributed by atoms with Crippen molar-refractivity contribution in [2.75, 3.05) is 0 Å². The summed E-state index contributed by atoms with van der Waals surface area (Å²) in [5.41, 5.74) is -0.543. The van der Waals surface area contributed by atoms with Gasteiger partial charge in [-0.15, -0.1) is 0 Å². The number of carbonyl (C=O) groups is 1. The Morgan fingerprint density at radius 1 is 1.56 bits per heavy atom. The molecule has 0 aliphatic carbocycles. The molecule has 5 heteroatoms. The Morgan fingerprint density at radius 3 is 2.69 bits per heavy atom. The van der Waals surface area contributed by atoms with Gasteiger partial charge in [-0.1, -0.05) is 11.6 Å². The van der Waals surface area contributed by atoms with E-state index in [0.717, 1.165) is 6.07 Å². The van der Waals surface area contributed by atoms with Crippen molar-refractivity contribution >= 4 is 17.6 Å². The summed E-state index contributed by atoms with van der Waals surface area (Å²) in [5, 5.41) is 0.199. The molecule has 1 aromatic heterocycles. The lowest BCUT2D eigenvalue weighted by atomic mass is 10.2. The number of esters is 1. The molecule has 0 bridgehead atoms. The van der Waals surface area contributed by atoms with Crippen LogP contribution in [0.4, 0.5) is 4.39 Å². The predicted octanol–water partition coefficient (Wildman–Crippen LogP) is 2.76. The fourth-order valence-corrected chi connectivity index (χ4v) is 1.23. The lowest BCUT2D eigenvalue weighted by molar-refractivity contribution is -0.154. The van der Waals surface area contributed by atoms with E-state index in [4.69, 9.17) is 16.3 Å². The minimum absolute atomic E-state index is 0.0404. The number of nitrogens with zero attached hydrogens (tertiary/aromatic N) is 1. The van der Waals surface area contributed by atoms with Crippen molar-refractivity contribution in [2.45, 2.75) is 32.8 Å². The van der Waals surface area contributed by atoms with Gasteiger partial charge in [-0.2, -0.15) is 0 Å². The first-order chi connectivity index (χ1) is 7.28. The predicted molar refractivity (Wildman–Crippen MR) is 58.8 cm³/mol. The third-order valence-corrected chi connectivity index (χ3v) is 1.82. The van der Waals surface area contributed by atoms with E-state index in [1.807, 2.05) is 0 Å². The average Bonchev–Trinajstić information content (AvgIpc) is 2.06. The van der Waals surface area contributed by atoms with Gasteiger partial charge in [0.1, 0.15) is 11.4 Å². The Morgan fingerprint density at radius 2 is 2.19 bits per heavy atom. The lowest BCUT2D eigenvalue weighted by Gasteiger charge is -2.19. The molecule has 0 atom stereocenters. The summed E-state index contributed by atoms with van der Waals surface area (Å²) in [6.45, 7) is 5.24. The van der Waals surface area contributed by atoms with Crippen molar-refractivity contribution in [3.8, 4) is 0 Å². The van der Waals surface area contributed by atoms with Crippen LogP contribution in [0.3, 0.4) is 0 Å². The Hall–Kier alpha value is -1.16. The number of carbonyl (C=O) groups excluding carboxylic acids is 1. The maximum Gasteiger partial charge on any atom is 0.312 e. The van der Waals surface area contributed by atoms with Crippen LogP contribution < -0.4 is 0 Å². The van der Waals surface area contributed by atoms with Gasteiger partial charge >= 0.3 is 5.97 Å². The fraction of sp³-hybridized carbons (Fsp3) is 0.455. The van der Waals surface area contributed by atoms with Crippen molar-refractivity contribution < 1.29 is 13.9 Å². The van der Waals surface area contributed by atoms with Gasteiger partial charge in [0.2, 0.25) is 0 Å². The number of rotatable bonds is 2. The van der Waals surface area contributed by atoms with E-state index in [0.29, 0.717) is 0 Å². The van der Waals surface area contributed by atoms with Crippen LogP contribution in [-0.4, -0.2) is 16.6 Å². The fourth-order valence-electron chi connectivity index (χ4n) is 1.09. The summed E-state index contributed by atoms with van der Waals surface area (Å²) in [6.07, 6.45) is 1.10. The standard InChI is InChI=1S/C11H13ClFNO2/c1-11(2,3)16-10(15)5-9-8(13)4-7(12)6-14-9/h4,6H,5H2,1-3H3. The molecule has 16 heavy (non-hydrogen) atoms. The summed E-state index contributed by atoms with van der Waals surface area (Å²) in [7, 11) is 0. The molecular formula is C11H13ClFNO2. The van der Waals surface area contributed by atoms with Gasteiger partial charge in [-0.25, -0.2) is 4.39 Å². The van der Waals surface area contributed by atoms with Gasteiger partial charge < -0.3 is 4.74 Å². The third kappa shape index (κ3) is 4.14. The van der Waals surface area contributed by atoms with Gasteiger partial charge in [0.15, 0.2) is 0 Å². The van der Waals surface area contributed by atoms with Crippen molar-refractivity contribution in [1.29, 1.82) is 0 Å². The van der Waals surface area contributed by atoms with E-state index < -0.39 is 17.4 Å². The number of hydrogen-bond acceptors (Lipinski definition) is 3. The molecule has 3 nitrogen and oxygen atoms in total. The highest BCUT2D eigenvalue weighted by molar-refractivity contribution is 6.30. The Kier molecular flexibility index (Phi) is 3.86. The summed E-state index contributed by atoms with van der Waals surface area (Å²) in [6, 6.07) is 1.12. The lowest BCUT2D eigenvalue weighted by Crippen LogP contribution is -2.25. The number of aromatic nitrogens is 1. The molecular weight excluding hydrogens is 233 g/mol. The molecule has 0 N–H and O–H groups in total. The molecule has 0 spiro atoms. The summed E-state index contributed by atoms with van der Waals surface area (Å²) in [5.74, 6) is -1.11. The smallest absolute Gasteiger partial charge is 0.312 e. The van der Waals surface area contributed by atoms with Gasteiger partial charge in [0.25, 0.3) is 0 Å². The molecule has 0 saturated carbocycles.